The van der Waals surface area contributed by atoms with Crippen molar-refractivity contribution in [3.05, 3.63) is 39.8 Å². The molecule has 0 unspecified atom stereocenters. The molecule has 1 aromatic heterocycles. The van der Waals surface area contributed by atoms with Gasteiger partial charge in [0.05, 0.1) is 5.56 Å². The highest BCUT2D eigenvalue weighted by Gasteiger charge is 2.08. The van der Waals surface area contributed by atoms with Gasteiger partial charge in [-0.05, 0) is 43.8 Å². The van der Waals surface area contributed by atoms with E-state index in [4.69, 9.17) is 17.3 Å². The predicted molar refractivity (Wildman–Crippen MR) is 73.4 cm³/mol. The molecule has 6 nitrogen and oxygen atoms in total. The Morgan fingerprint density at radius 1 is 1.42 bits per heavy atom. The lowest BCUT2D eigenvalue weighted by atomic mass is 10.1. The fraction of sp³-hybridized carbons (Fsp3) is 0.167. The number of nitrogens with one attached hydrogen (secondary N) is 2. The minimum atomic E-state index is -0.976. The van der Waals surface area contributed by atoms with E-state index in [-0.39, 0.29) is 10.3 Å². The zero-order valence-electron chi connectivity index (χ0n) is 10.4. The number of aromatic carboxylic acids is 1. The second-order valence-corrected chi connectivity index (χ2v) is 4.42. The van der Waals surface area contributed by atoms with Crippen LogP contribution < -0.4 is 5.32 Å². The SMILES string of the molecule is Cc1ccc(C(=O)O)cc1Nc1nc(=S)[nH]nc1C. The number of carboxylic acids is 1. The van der Waals surface area contributed by atoms with Crippen molar-refractivity contribution in [2.24, 2.45) is 0 Å². The molecule has 0 bridgehead atoms. The molecule has 1 aromatic carbocycles. The van der Waals surface area contributed by atoms with Gasteiger partial charge in [0.15, 0.2) is 5.82 Å². The number of aromatic nitrogens is 3. The van der Waals surface area contributed by atoms with Crippen molar-refractivity contribution in [2.45, 2.75) is 13.8 Å². The van der Waals surface area contributed by atoms with Gasteiger partial charge in [-0.25, -0.2) is 4.79 Å². The molecule has 0 amide bonds. The van der Waals surface area contributed by atoms with Crippen LogP contribution in [0.15, 0.2) is 18.2 Å². The Kier molecular flexibility index (Phi) is 3.57. The summed E-state index contributed by atoms with van der Waals surface area (Å²) >= 11 is 4.91. The van der Waals surface area contributed by atoms with Crippen molar-refractivity contribution in [3.63, 3.8) is 0 Å². The molecule has 2 rings (SSSR count). The molecule has 1 heterocycles. The highest BCUT2D eigenvalue weighted by Crippen LogP contribution is 2.21. The van der Waals surface area contributed by atoms with E-state index >= 15 is 0 Å². The molecule has 0 fully saturated rings. The van der Waals surface area contributed by atoms with Gasteiger partial charge in [-0.15, -0.1) is 0 Å². The molecule has 0 spiro atoms. The van der Waals surface area contributed by atoms with E-state index in [1.54, 1.807) is 25.1 Å². The number of rotatable bonds is 3. The quantitative estimate of drug-likeness (QED) is 0.746. The van der Waals surface area contributed by atoms with Crippen molar-refractivity contribution in [2.75, 3.05) is 5.32 Å². The van der Waals surface area contributed by atoms with Crippen molar-refractivity contribution in [3.8, 4) is 0 Å². The molecule has 98 valence electrons. The van der Waals surface area contributed by atoms with E-state index in [1.807, 2.05) is 6.92 Å². The molecule has 0 radical (unpaired) electrons. The van der Waals surface area contributed by atoms with Gasteiger partial charge in [0.25, 0.3) is 0 Å². The summed E-state index contributed by atoms with van der Waals surface area (Å²) in [6.07, 6.45) is 0. The Balaban J connectivity index is 2.42. The van der Waals surface area contributed by atoms with Crippen LogP contribution in [0, 0.1) is 18.6 Å². The summed E-state index contributed by atoms with van der Waals surface area (Å²) < 4.78 is 0.264. The molecule has 0 aliphatic carbocycles. The largest absolute Gasteiger partial charge is 0.478 e. The summed E-state index contributed by atoms with van der Waals surface area (Å²) in [5, 5.41) is 18.6. The van der Waals surface area contributed by atoms with Gasteiger partial charge in [-0.1, -0.05) is 6.07 Å². The lowest BCUT2D eigenvalue weighted by molar-refractivity contribution is 0.0697. The van der Waals surface area contributed by atoms with Gasteiger partial charge in [-0.3, -0.25) is 5.10 Å². The first-order valence-electron chi connectivity index (χ1n) is 5.51. The van der Waals surface area contributed by atoms with Crippen LogP contribution in [0.5, 0.6) is 0 Å². The first-order chi connectivity index (χ1) is 8.97. The van der Waals surface area contributed by atoms with Crippen LogP contribution in [0.4, 0.5) is 11.5 Å². The summed E-state index contributed by atoms with van der Waals surface area (Å²) in [5.41, 5.74) is 2.43. The minimum Gasteiger partial charge on any atom is -0.478 e. The van der Waals surface area contributed by atoms with Gasteiger partial charge < -0.3 is 10.4 Å². The molecule has 0 saturated heterocycles. The normalized spacial score (nSPS) is 10.2. The molecule has 0 atom stereocenters. The first kappa shape index (κ1) is 13.2. The van der Waals surface area contributed by atoms with Crippen LogP contribution in [0.1, 0.15) is 21.6 Å². The molecule has 0 aliphatic heterocycles. The number of H-pyrrole nitrogens is 1. The zero-order chi connectivity index (χ0) is 14.0. The lowest BCUT2D eigenvalue weighted by Gasteiger charge is -2.10. The molecule has 3 N–H and O–H groups in total. The van der Waals surface area contributed by atoms with E-state index in [1.165, 1.54) is 0 Å². The number of nitrogens with zero attached hydrogens (tertiary/aromatic N) is 2. The maximum absolute atomic E-state index is 11.0. The molecule has 0 aliphatic rings. The third kappa shape index (κ3) is 2.94. The van der Waals surface area contributed by atoms with E-state index < -0.39 is 5.97 Å². The molecule has 19 heavy (non-hydrogen) atoms. The highest BCUT2D eigenvalue weighted by molar-refractivity contribution is 7.71. The van der Waals surface area contributed by atoms with Crippen molar-refractivity contribution in [1.82, 2.24) is 15.2 Å². The third-order valence-corrected chi connectivity index (χ3v) is 2.80. The summed E-state index contributed by atoms with van der Waals surface area (Å²) in [6, 6.07) is 4.84. The van der Waals surface area contributed by atoms with E-state index in [0.717, 1.165) is 5.56 Å². The number of aromatic amines is 1. The average Bonchev–Trinajstić information content (AvgIpc) is 2.36. The molecular formula is C12H12N4O2S. The fourth-order valence-corrected chi connectivity index (χ4v) is 1.66. The number of hydrogen-bond donors (Lipinski definition) is 3. The second kappa shape index (κ2) is 5.15. The van der Waals surface area contributed by atoms with Crippen LogP contribution in [0.25, 0.3) is 0 Å². The van der Waals surface area contributed by atoms with Crippen molar-refractivity contribution < 1.29 is 9.90 Å². The first-order valence-corrected chi connectivity index (χ1v) is 5.92. The lowest BCUT2D eigenvalue weighted by Crippen LogP contribution is -2.04. The Labute approximate surface area is 114 Å². The number of carbonyl (C=O) groups is 1. The van der Waals surface area contributed by atoms with Crippen LogP contribution in [-0.4, -0.2) is 26.3 Å². The number of benzene rings is 1. The number of aryl methyl sites for hydroxylation is 2. The van der Waals surface area contributed by atoms with Gasteiger partial charge >= 0.3 is 5.97 Å². The summed E-state index contributed by atoms with van der Waals surface area (Å²) in [6.45, 7) is 3.65. The average molecular weight is 276 g/mol. The summed E-state index contributed by atoms with van der Waals surface area (Å²) in [7, 11) is 0. The number of carboxylic acid groups (broad SMARTS) is 1. The molecule has 0 saturated carbocycles. The van der Waals surface area contributed by atoms with Gasteiger partial charge in [0, 0.05) is 5.69 Å². The van der Waals surface area contributed by atoms with Gasteiger partial charge in [0.1, 0.15) is 5.69 Å². The minimum absolute atomic E-state index is 0.208. The van der Waals surface area contributed by atoms with Crippen LogP contribution in [0.3, 0.4) is 0 Å². The maximum Gasteiger partial charge on any atom is 0.335 e. The second-order valence-electron chi connectivity index (χ2n) is 4.03. The Hall–Kier alpha value is -2.28. The Morgan fingerprint density at radius 3 is 2.84 bits per heavy atom. The number of hydrogen-bond acceptors (Lipinski definition) is 5. The van der Waals surface area contributed by atoms with E-state index in [0.29, 0.717) is 17.2 Å². The summed E-state index contributed by atoms with van der Waals surface area (Å²) in [4.78, 5) is 15.1. The monoisotopic (exact) mass is 276 g/mol. The van der Waals surface area contributed by atoms with Crippen LogP contribution in [0.2, 0.25) is 0 Å². The van der Waals surface area contributed by atoms with Crippen LogP contribution in [-0.2, 0) is 0 Å². The Morgan fingerprint density at radius 2 is 2.16 bits per heavy atom. The molecule has 2 aromatic rings. The molecule has 7 heteroatoms. The van der Waals surface area contributed by atoms with E-state index in [9.17, 15) is 4.79 Å². The smallest absolute Gasteiger partial charge is 0.335 e. The predicted octanol–water partition coefficient (Wildman–Crippen LogP) is 2.59. The number of anilines is 2. The van der Waals surface area contributed by atoms with Gasteiger partial charge in [-0.2, -0.15) is 10.1 Å². The topological polar surface area (TPSA) is 90.9 Å². The molecular weight excluding hydrogens is 264 g/mol. The third-order valence-electron chi connectivity index (χ3n) is 2.61. The zero-order valence-corrected chi connectivity index (χ0v) is 11.2. The highest BCUT2D eigenvalue weighted by atomic mass is 32.1. The van der Waals surface area contributed by atoms with Gasteiger partial charge in [0.2, 0.25) is 4.77 Å². The van der Waals surface area contributed by atoms with Crippen molar-refractivity contribution >= 4 is 29.7 Å². The standard InChI is InChI=1S/C12H12N4O2S/c1-6-3-4-8(11(17)18)5-9(6)13-10-7(2)15-16-12(19)14-10/h3-5H,1-2H3,(H,17,18)(H2,13,14,16,19). The summed E-state index contributed by atoms with van der Waals surface area (Å²) in [5.74, 6) is -0.467. The van der Waals surface area contributed by atoms with Crippen molar-refractivity contribution in [1.29, 1.82) is 0 Å². The Bertz CT molecular complexity index is 696. The fourth-order valence-electron chi connectivity index (χ4n) is 1.53. The maximum atomic E-state index is 11.0. The van der Waals surface area contributed by atoms with Crippen LogP contribution >= 0.6 is 12.2 Å². The van der Waals surface area contributed by atoms with E-state index in [2.05, 4.69) is 20.5 Å².